The molecule has 172 valence electrons. The predicted molar refractivity (Wildman–Crippen MR) is 120 cm³/mol. The number of ether oxygens (including phenoxy) is 4. The Bertz CT molecular complexity index is 1320. The summed E-state index contributed by atoms with van der Waals surface area (Å²) in [5.74, 6) is 1.40. The number of hydrogen-bond donors (Lipinski definition) is 1. The second-order valence-corrected chi connectivity index (χ2v) is 8.41. The van der Waals surface area contributed by atoms with Crippen LogP contribution in [0.1, 0.15) is 27.9 Å². The van der Waals surface area contributed by atoms with E-state index in [1.165, 1.54) is 4.90 Å². The van der Waals surface area contributed by atoms with Crippen molar-refractivity contribution < 1.29 is 33.6 Å². The molecule has 3 aliphatic rings. The standard InChI is InChI=1S/C26H21NO7/c28-20(17-6-8-21-24(12-17)32-10-9-31-21)13-26(30)18-3-1-2-4-19(18)27(25(26)29)14-16-5-7-22-23(11-16)34-15-33-22/h1-8,11-12,30H,9-10,13-15H2/t26-/m0/s1. The Morgan fingerprint density at radius 3 is 2.47 bits per heavy atom. The summed E-state index contributed by atoms with van der Waals surface area (Å²) >= 11 is 0. The van der Waals surface area contributed by atoms with Crippen molar-refractivity contribution >= 4 is 17.4 Å². The van der Waals surface area contributed by atoms with Gasteiger partial charge in [0.25, 0.3) is 5.91 Å². The van der Waals surface area contributed by atoms with Crippen molar-refractivity contribution in [3.05, 3.63) is 77.4 Å². The zero-order chi connectivity index (χ0) is 23.3. The number of benzene rings is 3. The third kappa shape index (κ3) is 3.26. The number of carbonyl (C=O) groups excluding carboxylic acids is 2. The second kappa shape index (κ2) is 7.78. The molecular formula is C26H21NO7. The molecular weight excluding hydrogens is 438 g/mol. The van der Waals surface area contributed by atoms with Crippen LogP contribution in [0.5, 0.6) is 23.0 Å². The van der Waals surface area contributed by atoms with Gasteiger partial charge in [-0.3, -0.25) is 9.59 Å². The van der Waals surface area contributed by atoms with Gasteiger partial charge in [-0.15, -0.1) is 0 Å². The summed E-state index contributed by atoms with van der Waals surface area (Å²) in [7, 11) is 0. The van der Waals surface area contributed by atoms with Crippen LogP contribution in [-0.2, 0) is 16.9 Å². The van der Waals surface area contributed by atoms with E-state index in [1.54, 1.807) is 48.5 Å². The van der Waals surface area contributed by atoms with Gasteiger partial charge in [0.15, 0.2) is 34.4 Å². The van der Waals surface area contributed by atoms with E-state index in [0.29, 0.717) is 53.0 Å². The number of aliphatic hydroxyl groups is 1. The van der Waals surface area contributed by atoms with E-state index in [2.05, 4.69) is 0 Å². The molecule has 0 aliphatic carbocycles. The van der Waals surface area contributed by atoms with Crippen LogP contribution in [-0.4, -0.2) is 36.8 Å². The molecule has 8 heteroatoms. The van der Waals surface area contributed by atoms with Crippen LogP contribution in [0.2, 0.25) is 0 Å². The van der Waals surface area contributed by atoms with Gasteiger partial charge in [-0.05, 0) is 42.0 Å². The lowest BCUT2D eigenvalue weighted by molar-refractivity contribution is -0.136. The molecule has 3 heterocycles. The first kappa shape index (κ1) is 20.6. The van der Waals surface area contributed by atoms with Crippen molar-refractivity contribution in [1.29, 1.82) is 0 Å². The van der Waals surface area contributed by atoms with Crippen LogP contribution >= 0.6 is 0 Å². The van der Waals surface area contributed by atoms with Crippen molar-refractivity contribution in [2.24, 2.45) is 0 Å². The van der Waals surface area contributed by atoms with Crippen LogP contribution in [0.25, 0.3) is 0 Å². The number of Topliss-reactive ketones (excluding diaryl/α,β-unsaturated/α-hetero) is 1. The minimum Gasteiger partial charge on any atom is -0.486 e. The monoisotopic (exact) mass is 459 g/mol. The molecule has 0 bridgehead atoms. The van der Waals surface area contributed by atoms with Gasteiger partial charge in [0.1, 0.15) is 13.2 Å². The van der Waals surface area contributed by atoms with Gasteiger partial charge in [0.05, 0.1) is 18.7 Å². The van der Waals surface area contributed by atoms with Crippen LogP contribution in [0, 0.1) is 0 Å². The molecule has 0 aromatic heterocycles. The Morgan fingerprint density at radius 1 is 0.882 bits per heavy atom. The molecule has 0 unspecified atom stereocenters. The third-order valence-corrected chi connectivity index (χ3v) is 6.30. The zero-order valence-corrected chi connectivity index (χ0v) is 18.2. The van der Waals surface area contributed by atoms with Crippen molar-refractivity contribution in [2.45, 2.75) is 18.6 Å². The van der Waals surface area contributed by atoms with Crippen molar-refractivity contribution in [3.63, 3.8) is 0 Å². The minimum atomic E-state index is -1.97. The summed E-state index contributed by atoms with van der Waals surface area (Å²) in [4.78, 5) is 28.2. The van der Waals surface area contributed by atoms with Gasteiger partial charge < -0.3 is 29.0 Å². The number of ketones is 1. The fourth-order valence-electron chi connectivity index (χ4n) is 4.61. The average Bonchev–Trinajstić information content (AvgIpc) is 3.41. The maximum absolute atomic E-state index is 13.5. The molecule has 0 saturated heterocycles. The summed E-state index contributed by atoms with van der Waals surface area (Å²) in [6.45, 7) is 1.22. The lowest BCUT2D eigenvalue weighted by Gasteiger charge is -2.23. The smallest absolute Gasteiger partial charge is 0.264 e. The molecule has 0 saturated carbocycles. The van der Waals surface area contributed by atoms with Crippen molar-refractivity contribution in [1.82, 2.24) is 0 Å². The van der Waals surface area contributed by atoms with Gasteiger partial charge in [0, 0.05) is 11.1 Å². The Morgan fingerprint density at radius 2 is 1.59 bits per heavy atom. The largest absolute Gasteiger partial charge is 0.486 e. The number of nitrogens with zero attached hydrogens (tertiary/aromatic N) is 1. The van der Waals surface area contributed by atoms with Crippen LogP contribution < -0.4 is 23.8 Å². The Balaban J connectivity index is 1.29. The van der Waals surface area contributed by atoms with E-state index in [4.69, 9.17) is 18.9 Å². The first-order chi connectivity index (χ1) is 16.5. The van der Waals surface area contributed by atoms with E-state index in [-0.39, 0.29) is 25.5 Å². The molecule has 1 N–H and O–H groups in total. The molecule has 3 aromatic rings. The second-order valence-electron chi connectivity index (χ2n) is 8.41. The highest BCUT2D eigenvalue weighted by molar-refractivity contribution is 6.10. The van der Waals surface area contributed by atoms with Crippen molar-refractivity contribution in [2.75, 3.05) is 24.9 Å². The van der Waals surface area contributed by atoms with E-state index < -0.39 is 11.5 Å². The van der Waals surface area contributed by atoms with E-state index in [0.717, 1.165) is 5.56 Å². The number of amides is 1. The fraction of sp³-hybridized carbons (Fsp3) is 0.231. The van der Waals surface area contributed by atoms with Gasteiger partial charge in [-0.1, -0.05) is 24.3 Å². The molecule has 0 fully saturated rings. The molecule has 3 aromatic carbocycles. The summed E-state index contributed by atoms with van der Waals surface area (Å²) in [6, 6.07) is 17.3. The quantitative estimate of drug-likeness (QED) is 0.586. The number of rotatable bonds is 5. The SMILES string of the molecule is O=C(C[C@@]1(O)C(=O)N(Cc2ccc3c(c2)OCO3)c2ccccc21)c1ccc2c(c1)OCCO2. The first-order valence-electron chi connectivity index (χ1n) is 11.0. The average molecular weight is 459 g/mol. The Hall–Kier alpha value is -4.04. The topological polar surface area (TPSA) is 94.5 Å². The van der Waals surface area contributed by atoms with Gasteiger partial charge >= 0.3 is 0 Å². The van der Waals surface area contributed by atoms with E-state index in [9.17, 15) is 14.7 Å². The van der Waals surface area contributed by atoms with E-state index in [1.807, 2.05) is 12.1 Å². The summed E-state index contributed by atoms with van der Waals surface area (Å²) in [6.07, 6.45) is -0.389. The highest BCUT2D eigenvalue weighted by Crippen LogP contribution is 2.44. The predicted octanol–water partition coefficient (Wildman–Crippen LogP) is 3.19. The van der Waals surface area contributed by atoms with Gasteiger partial charge in [-0.2, -0.15) is 0 Å². The first-order valence-corrected chi connectivity index (χ1v) is 11.0. The zero-order valence-electron chi connectivity index (χ0n) is 18.2. The number of fused-ring (bicyclic) bond motifs is 3. The Kier molecular flexibility index (Phi) is 4.70. The molecule has 0 radical (unpaired) electrons. The van der Waals surface area contributed by atoms with Gasteiger partial charge in [0.2, 0.25) is 6.79 Å². The lowest BCUT2D eigenvalue weighted by atomic mass is 9.88. The highest BCUT2D eigenvalue weighted by atomic mass is 16.7. The van der Waals surface area contributed by atoms with Crippen LogP contribution in [0.15, 0.2) is 60.7 Å². The molecule has 3 aliphatic heterocycles. The number of hydrogen-bond acceptors (Lipinski definition) is 7. The molecule has 34 heavy (non-hydrogen) atoms. The molecule has 1 atom stereocenters. The summed E-state index contributed by atoms with van der Waals surface area (Å²) < 4.78 is 21.9. The number of anilines is 1. The normalized spacial score (nSPS) is 19.8. The fourth-order valence-corrected chi connectivity index (χ4v) is 4.61. The third-order valence-electron chi connectivity index (χ3n) is 6.30. The minimum absolute atomic E-state index is 0.159. The summed E-state index contributed by atoms with van der Waals surface area (Å²) in [5.41, 5.74) is 0.165. The number of para-hydroxylation sites is 1. The molecule has 0 spiro atoms. The Labute approximate surface area is 195 Å². The molecule has 1 amide bonds. The van der Waals surface area contributed by atoms with E-state index >= 15 is 0 Å². The number of carbonyl (C=O) groups is 2. The highest BCUT2D eigenvalue weighted by Gasteiger charge is 2.50. The lowest BCUT2D eigenvalue weighted by Crippen LogP contribution is -2.41. The van der Waals surface area contributed by atoms with Crippen LogP contribution in [0.3, 0.4) is 0 Å². The van der Waals surface area contributed by atoms with Crippen molar-refractivity contribution in [3.8, 4) is 23.0 Å². The van der Waals surface area contributed by atoms with Gasteiger partial charge in [-0.25, -0.2) is 0 Å². The molecule has 6 rings (SSSR count). The maximum atomic E-state index is 13.5. The maximum Gasteiger partial charge on any atom is 0.264 e. The van der Waals surface area contributed by atoms with Crippen LogP contribution in [0.4, 0.5) is 5.69 Å². The summed E-state index contributed by atoms with van der Waals surface area (Å²) in [5, 5.41) is 11.6. The molecule has 8 nitrogen and oxygen atoms in total.